The third-order valence-electron chi connectivity index (χ3n) is 12.0. The predicted molar refractivity (Wildman–Crippen MR) is 187 cm³/mol. The van der Waals surface area contributed by atoms with Crippen LogP contribution in [0.2, 0.25) is 0 Å². The molecule has 4 saturated carbocycles. The van der Waals surface area contributed by atoms with Crippen LogP contribution >= 0.6 is 0 Å². The molecule has 15 heteroatoms. The van der Waals surface area contributed by atoms with Gasteiger partial charge in [-0.05, 0) is 69.3 Å². The summed E-state index contributed by atoms with van der Waals surface area (Å²) < 4.78 is 7.18. The molecule has 5 fully saturated rings. The number of aromatic nitrogens is 7. The van der Waals surface area contributed by atoms with Crippen molar-refractivity contribution >= 4 is 28.7 Å². The second kappa shape index (κ2) is 12.0. The van der Waals surface area contributed by atoms with E-state index in [1.165, 1.54) is 18.2 Å². The van der Waals surface area contributed by atoms with Crippen molar-refractivity contribution in [2.75, 3.05) is 25.1 Å². The maximum atomic E-state index is 14.7. The van der Waals surface area contributed by atoms with Crippen molar-refractivity contribution in [3.05, 3.63) is 52.0 Å². The lowest BCUT2D eigenvalue weighted by molar-refractivity contribution is -0.187. The first-order chi connectivity index (χ1) is 24.5. The summed E-state index contributed by atoms with van der Waals surface area (Å²) in [4.78, 5) is 60.0. The minimum Gasteiger partial charge on any atom is -0.504 e. The summed E-state index contributed by atoms with van der Waals surface area (Å²) >= 11 is 0. The van der Waals surface area contributed by atoms with Gasteiger partial charge in [-0.15, -0.1) is 15.0 Å². The first kappa shape index (κ1) is 33.1. The first-order valence-corrected chi connectivity index (χ1v) is 17.9. The van der Waals surface area contributed by atoms with E-state index in [1.807, 2.05) is 11.5 Å². The second-order valence-corrected chi connectivity index (χ2v) is 15.1. The van der Waals surface area contributed by atoms with Crippen LogP contribution in [-0.4, -0.2) is 94.2 Å². The molecule has 4 aromatic rings. The number of carbonyl (C=O) groups is 2. The Morgan fingerprint density at radius 2 is 1.86 bits per heavy atom. The topological polar surface area (TPSA) is 173 Å². The van der Waals surface area contributed by atoms with Gasteiger partial charge >= 0.3 is 0 Å². The van der Waals surface area contributed by atoms with Crippen molar-refractivity contribution in [1.82, 2.24) is 44.7 Å². The maximum Gasteiger partial charge on any atom is 0.276 e. The van der Waals surface area contributed by atoms with E-state index in [4.69, 9.17) is 14.9 Å². The average molecular weight is 697 g/mol. The van der Waals surface area contributed by atoms with Gasteiger partial charge in [0.1, 0.15) is 18.6 Å². The minimum absolute atomic E-state index is 0.0133. The van der Waals surface area contributed by atoms with Crippen LogP contribution in [0.4, 0.5) is 5.69 Å². The Morgan fingerprint density at radius 3 is 2.59 bits per heavy atom. The van der Waals surface area contributed by atoms with E-state index in [0.717, 1.165) is 38.5 Å². The molecule has 1 aliphatic heterocycles. The third-order valence-corrected chi connectivity index (χ3v) is 12.0. The zero-order valence-electron chi connectivity index (χ0n) is 29.7. The Morgan fingerprint density at radius 1 is 1.10 bits per heavy atom. The zero-order chi connectivity index (χ0) is 35.8. The summed E-state index contributed by atoms with van der Waals surface area (Å²) in [5.74, 6) is 0.274. The number of amides is 2. The molecule has 51 heavy (non-hydrogen) atoms. The fourth-order valence-electron chi connectivity index (χ4n) is 9.28. The van der Waals surface area contributed by atoms with Gasteiger partial charge in [0.05, 0.1) is 24.5 Å². The lowest BCUT2D eigenvalue weighted by Crippen LogP contribution is -2.76. The van der Waals surface area contributed by atoms with E-state index in [-0.39, 0.29) is 58.4 Å². The summed E-state index contributed by atoms with van der Waals surface area (Å²) in [5, 5.41) is 23.5. The number of rotatable bonds is 9. The summed E-state index contributed by atoms with van der Waals surface area (Å²) in [6, 6.07) is 3.06. The number of fused-ring (bicyclic) bond motifs is 2. The van der Waals surface area contributed by atoms with Crippen molar-refractivity contribution in [2.45, 2.75) is 96.8 Å². The molecule has 0 aromatic carbocycles. The fraction of sp³-hybridized carbons (Fsp3) is 0.556. The van der Waals surface area contributed by atoms with Gasteiger partial charge in [-0.3, -0.25) is 14.4 Å². The predicted octanol–water partition coefficient (Wildman–Crippen LogP) is 2.93. The Hall–Kier alpha value is -5.08. The highest BCUT2D eigenvalue weighted by Crippen LogP contribution is 2.70. The lowest BCUT2D eigenvalue weighted by Gasteiger charge is -2.72. The Kier molecular flexibility index (Phi) is 7.79. The molecule has 4 aromatic heterocycles. The molecule has 2 amide bonds. The van der Waals surface area contributed by atoms with Crippen LogP contribution in [0.3, 0.4) is 0 Å². The number of hydrogen-bond donors (Lipinski definition) is 2. The largest absolute Gasteiger partial charge is 0.504 e. The number of aryl methyl sites for hydroxylation is 1. The number of anilines is 1. The van der Waals surface area contributed by atoms with E-state index in [1.54, 1.807) is 30.2 Å². The maximum absolute atomic E-state index is 14.7. The van der Waals surface area contributed by atoms with Gasteiger partial charge in [-0.25, -0.2) is 15.0 Å². The van der Waals surface area contributed by atoms with Crippen LogP contribution in [0.15, 0.2) is 29.5 Å². The fourth-order valence-corrected chi connectivity index (χ4v) is 9.28. The third kappa shape index (κ3) is 5.14. The Balaban J connectivity index is 1.19. The Labute approximate surface area is 295 Å². The molecule has 9 rings (SSSR count). The SMILES string of the molecule is CCc1c(N2CCN(C(=O)c3ncnc(C)c3O)[C@H]3CCC[C@H]32)c(=O)c2nn(-c3ccnc(OC)c3)nc2n1CC(=O)NC12CC(C(C)C)(C1)C2. The molecule has 4 aliphatic carbocycles. The number of piperazine rings is 1. The second-order valence-electron chi connectivity index (χ2n) is 15.1. The van der Waals surface area contributed by atoms with E-state index < -0.39 is 0 Å². The quantitative estimate of drug-likeness (QED) is 0.264. The minimum atomic E-state index is -0.349. The van der Waals surface area contributed by atoms with Crippen LogP contribution in [0, 0.1) is 18.3 Å². The number of pyridine rings is 2. The summed E-state index contributed by atoms with van der Waals surface area (Å²) in [5.41, 5.74) is 2.48. The summed E-state index contributed by atoms with van der Waals surface area (Å²) in [7, 11) is 1.52. The van der Waals surface area contributed by atoms with E-state index in [0.29, 0.717) is 65.1 Å². The van der Waals surface area contributed by atoms with Crippen molar-refractivity contribution in [3.8, 4) is 17.3 Å². The molecule has 1 saturated heterocycles. The van der Waals surface area contributed by atoms with Crippen molar-refractivity contribution in [3.63, 3.8) is 0 Å². The van der Waals surface area contributed by atoms with Crippen molar-refractivity contribution in [2.24, 2.45) is 11.3 Å². The van der Waals surface area contributed by atoms with Crippen LogP contribution < -0.4 is 20.4 Å². The molecule has 0 radical (unpaired) electrons. The molecule has 15 nitrogen and oxygen atoms in total. The van der Waals surface area contributed by atoms with E-state index in [2.05, 4.69) is 39.0 Å². The number of ether oxygens (including phenoxy) is 1. The number of carbonyl (C=O) groups excluding carboxylic acids is 2. The smallest absolute Gasteiger partial charge is 0.276 e. The van der Waals surface area contributed by atoms with Gasteiger partial charge in [0.2, 0.25) is 17.2 Å². The summed E-state index contributed by atoms with van der Waals surface area (Å²) in [6.07, 6.45) is 8.71. The van der Waals surface area contributed by atoms with Gasteiger partial charge in [-0.2, -0.15) is 0 Å². The van der Waals surface area contributed by atoms with Crippen molar-refractivity contribution < 1.29 is 19.4 Å². The van der Waals surface area contributed by atoms with Crippen LogP contribution in [0.5, 0.6) is 11.6 Å². The van der Waals surface area contributed by atoms with Gasteiger partial charge in [0.25, 0.3) is 5.91 Å². The number of methoxy groups -OCH3 is 1. The van der Waals surface area contributed by atoms with Crippen LogP contribution in [-0.2, 0) is 17.8 Å². The average Bonchev–Trinajstić information content (AvgIpc) is 3.76. The monoisotopic (exact) mass is 696 g/mol. The van der Waals surface area contributed by atoms with Gasteiger partial charge in [0.15, 0.2) is 22.6 Å². The molecule has 5 aliphatic rings. The number of nitrogens with zero attached hydrogens (tertiary/aromatic N) is 9. The van der Waals surface area contributed by atoms with Crippen LogP contribution in [0.1, 0.15) is 81.2 Å². The number of hydrogen-bond acceptors (Lipinski definition) is 11. The van der Waals surface area contributed by atoms with Crippen molar-refractivity contribution in [1.29, 1.82) is 0 Å². The molecule has 2 N–H and O–H groups in total. The Bertz CT molecular complexity index is 2110. The highest BCUT2D eigenvalue weighted by molar-refractivity contribution is 5.95. The molecular formula is C36H44N10O5. The molecule has 2 atom stereocenters. The zero-order valence-corrected chi connectivity index (χ0v) is 29.7. The standard InChI is InChI=1S/C36H44N10O5/c1-6-23-30(43-12-13-44(25-9-7-8-24(25)43)34(50)29-31(48)21(4)38-19-39-29)32(49)28-33(42-46(41-28)22-10-11-37-27(14-22)51-5)45(23)15-26(47)40-36-16-35(17-36,18-36)20(2)3/h10-11,14,19-20,24-25,48H,6-9,12-13,15-18H2,1-5H3,(H,40,47)/t24-,25+,35?,36?/m1/s1. The highest BCUT2D eigenvalue weighted by Gasteiger charge is 2.69. The number of aromatic hydroxyl groups is 1. The molecule has 268 valence electrons. The first-order valence-electron chi connectivity index (χ1n) is 17.9. The van der Waals surface area contributed by atoms with Crippen LogP contribution in [0.25, 0.3) is 16.9 Å². The van der Waals surface area contributed by atoms with Gasteiger partial charge in [-0.1, -0.05) is 20.8 Å². The molecular weight excluding hydrogens is 652 g/mol. The summed E-state index contributed by atoms with van der Waals surface area (Å²) in [6.45, 7) is 8.82. The lowest BCUT2D eigenvalue weighted by atomic mass is 9.36. The normalized spacial score (nSPS) is 25.1. The van der Waals surface area contributed by atoms with E-state index >= 15 is 0 Å². The highest BCUT2D eigenvalue weighted by atomic mass is 16.5. The molecule has 5 heterocycles. The molecule has 0 unspecified atom stereocenters. The number of nitrogens with one attached hydrogen (secondary N) is 1. The van der Waals surface area contributed by atoms with E-state index in [9.17, 15) is 19.5 Å². The molecule has 0 spiro atoms. The van der Waals surface area contributed by atoms with Gasteiger partial charge < -0.3 is 29.5 Å². The molecule has 2 bridgehead atoms. The van der Waals surface area contributed by atoms with Gasteiger partial charge in [0, 0.05) is 42.6 Å².